The van der Waals surface area contributed by atoms with E-state index in [-0.39, 0.29) is 36.5 Å². The van der Waals surface area contributed by atoms with Gasteiger partial charge in [-0.05, 0) is 25.1 Å². The van der Waals surface area contributed by atoms with E-state index in [9.17, 15) is 9.59 Å². The molecule has 0 aliphatic carbocycles. The van der Waals surface area contributed by atoms with Crippen molar-refractivity contribution in [2.45, 2.75) is 19.1 Å². The first-order chi connectivity index (χ1) is 10.6. The van der Waals surface area contributed by atoms with E-state index in [1.54, 1.807) is 11.0 Å². The summed E-state index contributed by atoms with van der Waals surface area (Å²) in [5, 5.41) is 8.79. The Morgan fingerprint density at radius 2 is 2.22 bits per heavy atom. The minimum absolute atomic E-state index is 0. The lowest BCUT2D eigenvalue weighted by molar-refractivity contribution is -0.123. The van der Waals surface area contributed by atoms with Crippen LogP contribution in [-0.4, -0.2) is 50.3 Å². The maximum absolute atomic E-state index is 12.3. The number of carbonyl (C=O) groups excluding carboxylic acids is 2. The number of halogens is 1. The summed E-state index contributed by atoms with van der Waals surface area (Å²) in [7, 11) is 0. The maximum Gasteiger partial charge on any atom is 0.321 e. The molecule has 0 saturated carbocycles. The Labute approximate surface area is 141 Å². The summed E-state index contributed by atoms with van der Waals surface area (Å²) in [4.78, 5) is 25.7. The van der Waals surface area contributed by atoms with Gasteiger partial charge in [-0.2, -0.15) is 0 Å². The van der Waals surface area contributed by atoms with Gasteiger partial charge in [0.15, 0.2) is 0 Å². The van der Waals surface area contributed by atoms with Crippen LogP contribution in [0.15, 0.2) is 24.3 Å². The number of amides is 3. The highest BCUT2D eigenvalue weighted by Gasteiger charge is 2.28. The predicted octanol–water partition coefficient (Wildman–Crippen LogP) is 0.953. The lowest BCUT2D eigenvalue weighted by Crippen LogP contribution is -2.53. The summed E-state index contributed by atoms with van der Waals surface area (Å²) in [5.74, 6) is -0.129. The van der Waals surface area contributed by atoms with Crippen LogP contribution >= 0.6 is 12.4 Å². The molecule has 0 bridgehead atoms. The van der Waals surface area contributed by atoms with Crippen LogP contribution < -0.4 is 20.9 Å². The number of ether oxygens (including phenoxy) is 1. The summed E-state index contributed by atoms with van der Waals surface area (Å²) in [6.07, 6.45) is -0.165. The first-order valence-electron chi connectivity index (χ1n) is 7.46. The second-order valence-corrected chi connectivity index (χ2v) is 5.43. The third-order valence-electron chi connectivity index (χ3n) is 3.88. The largest absolute Gasteiger partial charge is 0.375 e. The van der Waals surface area contributed by atoms with Crippen LogP contribution in [0.3, 0.4) is 0 Å². The van der Waals surface area contributed by atoms with E-state index in [1.807, 2.05) is 25.1 Å². The van der Waals surface area contributed by atoms with Crippen molar-refractivity contribution in [2.75, 3.05) is 36.5 Å². The summed E-state index contributed by atoms with van der Waals surface area (Å²) in [6, 6.07) is 6.81. The molecule has 0 spiro atoms. The Morgan fingerprint density at radius 3 is 2.91 bits per heavy atom. The van der Waals surface area contributed by atoms with Crippen LogP contribution in [0.25, 0.3) is 0 Å². The maximum atomic E-state index is 12.3. The summed E-state index contributed by atoms with van der Waals surface area (Å²) >= 11 is 0. The molecule has 3 amide bonds. The zero-order valence-corrected chi connectivity index (χ0v) is 13.7. The molecule has 0 radical (unpaired) electrons. The number of benzene rings is 1. The Bertz CT molecular complexity index is 584. The lowest BCUT2D eigenvalue weighted by Gasteiger charge is -2.29. The average Bonchev–Trinajstić information content (AvgIpc) is 2.94. The molecule has 2 fully saturated rings. The number of morpholine rings is 1. The number of hydrogen-bond donors (Lipinski definition) is 3. The molecule has 1 aromatic rings. The Balaban J connectivity index is 0.00000192. The van der Waals surface area contributed by atoms with Gasteiger partial charge in [0.1, 0.15) is 6.04 Å². The first kappa shape index (κ1) is 17.5. The fraction of sp³-hybridized carbons (Fsp3) is 0.467. The van der Waals surface area contributed by atoms with E-state index in [0.29, 0.717) is 31.9 Å². The summed E-state index contributed by atoms with van der Waals surface area (Å²) < 4.78 is 5.48. The zero-order chi connectivity index (χ0) is 15.5. The molecule has 2 aliphatic heterocycles. The van der Waals surface area contributed by atoms with Crippen molar-refractivity contribution in [2.24, 2.45) is 0 Å². The van der Waals surface area contributed by atoms with Gasteiger partial charge >= 0.3 is 6.03 Å². The van der Waals surface area contributed by atoms with Crippen molar-refractivity contribution in [1.82, 2.24) is 10.6 Å². The van der Waals surface area contributed by atoms with E-state index in [2.05, 4.69) is 16.0 Å². The average molecular weight is 341 g/mol. The number of nitrogens with zero attached hydrogens (tertiary/aromatic N) is 1. The van der Waals surface area contributed by atoms with Crippen LogP contribution in [0, 0.1) is 0 Å². The zero-order valence-electron chi connectivity index (χ0n) is 12.9. The minimum atomic E-state index is -0.368. The molecule has 2 saturated heterocycles. The molecule has 2 aliphatic rings. The number of urea groups is 1. The molecule has 0 aromatic heterocycles. The number of anilines is 2. The topological polar surface area (TPSA) is 82.7 Å². The van der Waals surface area contributed by atoms with E-state index in [1.165, 1.54) is 0 Å². The smallest absolute Gasteiger partial charge is 0.321 e. The van der Waals surface area contributed by atoms with Crippen molar-refractivity contribution in [3.63, 3.8) is 0 Å². The fourth-order valence-corrected chi connectivity index (χ4v) is 2.72. The van der Waals surface area contributed by atoms with Crippen LogP contribution in [0.5, 0.6) is 0 Å². The molecule has 0 unspecified atom stereocenters. The van der Waals surface area contributed by atoms with Crippen molar-refractivity contribution in [3.05, 3.63) is 24.3 Å². The van der Waals surface area contributed by atoms with Crippen molar-refractivity contribution < 1.29 is 14.3 Å². The number of hydrogen-bond acceptors (Lipinski definition) is 4. The number of carbonyl (C=O) groups is 2. The Kier molecular flexibility index (Phi) is 5.81. The fourth-order valence-electron chi connectivity index (χ4n) is 2.72. The molecule has 7 nitrogen and oxygen atoms in total. The van der Waals surface area contributed by atoms with Gasteiger partial charge in [-0.15, -0.1) is 12.4 Å². The number of nitrogens with one attached hydrogen (secondary N) is 3. The van der Waals surface area contributed by atoms with Gasteiger partial charge in [-0.1, -0.05) is 6.07 Å². The molecule has 2 heterocycles. The van der Waals surface area contributed by atoms with Crippen LogP contribution in [0.1, 0.15) is 6.92 Å². The van der Waals surface area contributed by atoms with Gasteiger partial charge in [0.25, 0.3) is 0 Å². The molecule has 8 heteroatoms. The molecule has 2 atom stereocenters. The second-order valence-electron chi connectivity index (χ2n) is 5.43. The van der Waals surface area contributed by atoms with E-state index in [4.69, 9.17) is 4.74 Å². The molecule has 23 heavy (non-hydrogen) atoms. The van der Waals surface area contributed by atoms with Crippen molar-refractivity contribution in [1.29, 1.82) is 0 Å². The van der Waals surface area contributed by atoms with Crippen LogP contribution in [-0.2, 0) is 9.53 Å². The van der Waals surface area contributed by atoms with Gasteiger partial charge in [-0.25, -0.2) is 4.79 Å². The van der Waals surface area contributed by atoms with E-state index >= 15 is 0 Å². The predicted molar refractivity (Wildman–Crippen MR) is 90.3 cm³/mol. The van der Waals surface area contributed by atoms with Crippen LogP contribution in [0.4, 0.5) is 16.2 Å². The number of rotatable bonds is 3. The normalized spacial score (nSPS) is 23.9. The highest BCUT2D eigenvalue weighted by Crippen LogP contribution is 2.21. The third kappa shape index (κ3) is 3.93. The molecular formula is C15H21ClN4O3. The minimum Gasteiger partial charge on any atom is -0.375 e. The van der Waals surface area contributed by atoms with Crippen LogP contribution in [0.2, 0.25) is 0 Å². The highest BCUT2D eigenvalue weighted by atomic mass is 35.5. The molecule has 3 N–H and O–H groups in total. The Hall–Kier alpha value is -1.83. The SMILES string of the molecule is C[C@H]1OCCN[C@@H]1C(=O)Nc1cccc(N2CCNC2=O)c1.Cl. The van der Waals surface area contributed by atoms with Gasteiger partial charge in [-0.3, -0.25) is 9.69 Å². The lowest BCUT2D eigenvalue weighted by atomic mass is 10.1. The van der Waals surface area contributed by atoms with Gasteiger partial charge in [0.2, 0.25) is 5.91 Å². The Morgan fingerprint density at radius 1 is 1.39 bits per heavy atom. The summed E-state index contributed by atoms with van der Waals surface area (Å²) in [6.45, 7) is 4.42. The molecular weight excluding hydrogens is 320 g/mol. The quantitative estimate of drug-likeness (QED) is 0.765. The van der Waals surface area contributed by atoms with Gasteiger partial charge in [0, 0.05) is 31.0 Å². The van der Waals surface area contributed by atoms with E-state index in [0.717, 1.165) is 5.69 Å². The van der Waals surface area contributed by atoms with Gasteiger partial charge in [0.05, 0.1) is 12.7 Å². The first-order valence-corrected chi connectivity index (χ1v) is 7.46. The third-order valence-corrected chi connectivity index (χ3v) is 3.88. The molecule has 126 valence electrons. The molecule has 1 aromatic carbocycles. The molecule has 3 rings (SSSR count). The summed E-state index contributed by atoms with van der Waals surface area (Å²) in [5.41, 5.74) is 1.44. The van der Waals surface area contributed by atoms with E-state index < -0.39 is 0 Å². The van der Waals surface area contributed by atoms with Gasteiger partial charge < -0.3 is 20.7 Å². The highest BCUT2D eigenvalue weighted by molar-refractivity contribution is 5.97. The second kappa shape index (κ2) is 7.63. The van der Waals surface area contributed by atoms with Crippen molar-refractivity contribution >= 4 is 35.7 Å². The standard InChI is InChI=1S/C15H20N4O3.ClH/c1-10-13(16-6-8-22-10)14(20)18-11-3-2-4-12(9-11)19-7-5-17-15(19)21;/h2-4,9-10,13,16H,5-8H2,1H3,(H,17,21)(H,18,20);1H/t10-,13+;/m1./s1. The van der Waals surface area contributed by atoms with Crippen molar-refractivity contribution in [3.8, 4) is 0 Å². The monoisotopic (exact) mass is 340 g/mol.